The summed E-state index contributed by atoms with van der Waals surface area (Å²) in [5.41, 5.74) is 1.96. The Labute approximate surface area is 126 Å². The Kier molecular flexibility index (Phi) is 3.58. The molecule has 0 radical (unpaired) electrons. The van der Waals surface area contributed by atoms with E-state index in [1.54, 1.807) is 36.4 Å². The van der Waals surface area contributed by atoms with Crippen LogP contribution in [0, 0.1) is 0 Å². The lowest BCUT2D eigenvalue weighted by Gasteiger charge is -2.10. The summed E-state index contributed by atoms with van der Waals surface area (Å²) in [6.45, 7) is 0.727. The molecule has 0 aromatic heterocycles. The summed E-state index contributed by atoms with van der Waals surface area (Å²) in [7, 11) is 0. The van der Waals surface area contributed by atoms with E-state index in [0.717, 1.165) is 11.3 Å². The number of carbonyl (C=O) groups is 1. The van der Waals surface area contributed by atoms with E-state index in [1.165, 1.54) is 0 Å². The Bertz CT molecular complexity index is 685. The Morgan fingerprint density at radius 1 is 1.19 bits per heavy atom. The molecule has 0 spiro atoms. The van der Waals surface area contributed by atoms with Crippen molar-refractivity contribution in [2.45, 2.75) is 6.54 Å². The number of hydrogen-bond acceptors (Lipinski definition) is 4. The molecule has 2 aromatic carbocycles. The van der Waals surface area contributed by atoms with Gasteiger partial charge in [-0.1, -0.05) is 23.7 Å². The van der Waals surface area contributed by atoms with Gasteiger partial charge in [0.1, 0.15) is 0 Å². The number of aromatic carboxylic acids is 1. The average Bonchev–Trinajstić information content (AvgIpc) is 2.92. The lowest BCUT2D eigenvalue weighted by Crippen LogP contribution is -2.01. The van der Waals surface area contributed by atoms with Crippen LogP contribution >= 0.6 is 11.6 Å². The van der Waals surface area contributed by atoms with Crippen molar-refractivity contribution in [2.75, 3.05) is 12.1 Å². The molecule has 2 aromatic rings. The van der Waals surface area contributed by atoms with E-state index in [4.69, 9.17) is 26.2 Å². The van der Waals surface area contributed by atoms with Crippen molar-refractivity contribution in [2.24, 2.45) is 0 Å². The third-order valence-electron chi connectivity index (χ3n) is 3.15. The highest BCUT2D eigenvalue weighted by atomic mass is 35.5. The number of benzene rings is 2. The van der Waals surface area contributed by atoms with E-state index in [1.807, 2.05) is 0 Å². The second kappa shape index (κ2) is 5.54. The first kappa shape index (κ1) is 13.6. The van der Waals surface area contributed by atoms with Crippen LogP contribution in [0.3, 0.4) is 0 Å². The average molecular weight is 306 g/mol. The largest absolute Gasteiger partial charge is 0.478 e. The van der Waals surface area contributed by atoms with Crippen LogP contribution in [-0.2, 0) is 6.54 Å². The molecule has 1 aliphatic heterocycles. The number of rotatable bonds is 4. The van der Waals surface area contributed by atoms with E-state index < -0.39 is 5.97 Å². The molecule has 21 heavy (non-hydrogen) atoms. The molecule has 0 bridgehead atoms. The highest BCUT2D eigenvalue weighted by Crippen LogP contribution is 2.39. The van der Waals surface area contributed by atoms with Gasteiger partial charge in [0.05, 0.1) is 16.3 Å². The van der Waals surface area contributed by atoms with Gasteiger partial charge in [0.2, 0.25) is 6.79 Å². The molecule has 0 saturated heterocycles. The monoisotopic (exact) mass is 305 g/mol. The predicted octanol–water partition coefficient (Wildman–Crippen LogP) is 3.38. The number of carboxylic acid groups (broad SMARTS) is 1. The molecule has 0 amide bonds. The van der Waals surface area contributed by atoms with Crippen LogP contribution in [-0.4, -0.2) is 17.9 Å². The normalized spacial score (nSPS) is 12.2. The van der Waals surface area contributed by atoms with Gasteiger partial charge in [0, 0.05) is 18.7 Å². The van der Waals surface area contributed by atoms with Crippen molar-refractivity contribution < 1.29 is 19.4 Å². The van der Waals surface area contributed by atoms with Gasteiger partial charge in [-0.2, -0.15) is 0 Å². The summed E-state index contributed by atoms with van der Waals surface area (Å²) in [5.74, 6) is 0.354. The van der Waals surface area contributed by atoms with Crippen LogP contribution in [0.4, 0.5) is 5.69 Å². The molecule has 0 fully saturated rings. The van der Waals surface area contributed by atoms with Gasteiger partial charge < -0.3 is 19.9 Å². The molecule has 2 N–H and O–H groups in total. The molecular weight excluding hydrogens is 294 g/mol. The third kappa shape index (κ3) is 2.87. The number of ether oxygens (including phenoxy) is 2. The van der Waals surface area contributed by atoms with Gasteiger partial charge in [-0.05, 0) is 17.7 Å². The zero-order valence-corrected chi connectivity index (χ0v) is 11.7. The quantitative estimate of drug-likeness (QED) is 0.906. The molecule has 108 valence electrons. The zero-order chi connectivity index (χ0) is 14.8. The molecule has 5 nitrogen and oxygen atoms in total. The molecule has 3 rings (SSSR count). The first-order valence-electron chi connectivity index (χ1n) is 6.29. The molecule has 0 unspecified atom stereocenters. The fraction of sp³-hybridized carbons (Fsp3) is 0.133. The first-order valence-corrected chi connectivity index (χ1v) is 6.66. The van der Waals surface area contributed by atoms with Crippen LogP contribution in [0.2, 0.25) is 5.02 Å². The first-order chi connectivity index (χ1) is 10.1. The standard InChI is InChI=1S/C15H12ClNO4/c16-11-5-13-14(21-8-20-13)6-12(11)17-7-9-1-3-10(4-2-9)15(18)19/h1-6,17H,7-8H2,(H,18,19). The molecule has 1 heterocycles. The maximum atomic E-state index is 10.8. The lowest BCUT2D eigenvalue weighted by atomic mass is 10.1. The van der Waals surface area contributed by atoms with Crippen LogP contribution in [0.15, 0.2) is 36.4 Å². The molecule has 0 atom stereocenters. The van der Waals surface area contributed by atoms with Gasteiger partial charge in [-0.15, -0.1) is 0 Å². The van der Waals surface area contributed by atoms with E-state index in [0.29, 0.717) is 23.1 Å². The van der Waals surface area contributed by atoms with Crippen LogP contribution in [0.25, 0.3) is 0 Å². The van der Waals surface area contributed by atoms with Gasteiger partial charge in [-0.25, -0.2) is 4.79 Å². The summed E-state index contributed by atoms with van der Waals surface area (Å²) >= 11 is 6.17. The maximum Gasteiger partial charge on any atom is 0.335 e. The van der Waals surface area contributed by atoms with Crippen LogP contribution in [0.1, 0.15) is 15.9 Å². The molecule has 0 aliphatic carbocycles. The summed E-state index contributed by atoms with van der Waals surface area (Å²) in [6.07, 6.45) is 0. The van der Waals surface area contributed by atoms with Crippen molar-refractivity contribution in [1.29, 1.82) is 0 Å². The Morgan fingerprint density at radius 2 is 1.86 bits per heavy atom. The van der Waals surface area contributed by atoms with E-state index in [-0.39, 0.29) is 12.4 Å². The van der Waals surface area contributed by atoms with Gasteiger partial charge in [0.15, 0.2) is 11.5 Å². The minimum absolute atomic E-state index is 0.200. The Morgan fingerprint density at radius 3 is 2.52 bits per heavy atom. The van der Waals surface area contributed by atoms with Crippen LogP contribution in [0.5, 0.6) is 11.5 Å². The zero-order valence-electron chi connectivity index (χ0n) is 10.9. The number of anilines is 1. The van der Waals surface area contributed by atoms with Gasteiger partial charge in [0.25, 0.3) is 0 Å². The summed E-state index contributed by atoms with van der Waals surface area (Å²) in [4.78, 5) is 10.8. The topological polar surface area (TPSA) is 67.8 Å². The Hall–Kier alpha value is -2.40. The number of hydrogen-bond donors (Lipinski definition) is 2. The van der Waals surface area contributed by atoms with Crippen molar-refractivity contribution >= 4 is 23.3 Å². The maximum absolute atomic E-state index is 10.8. The molecule has 6 heteroatoms. The summed E-state index contributed by atoms with van der Waals surface area (Å²) in [6, 6.07) is 10.2. The smallest absolute Gasteiger partial charge is 0.335 e. The summed E-state index contributed by atoms with van der Waals surface area (Å²) < 4.78 is 10.5. The molecular formula is C15H12ClNO4. The minimum Gasteiger partial charge on any atom is -0.478 e. The fourth-order valence-electron chi connectivity index (χ4n) is 2.02. The van der Waals surface area contributed by atoms with Crippen molar-refractivity contribution in [3.63, 3.8) is 0 Å². The summed E-state index contributed by atoms with van der Waals surface area (Å²) in [5, 5.41) is 12.6. The van der Waals surface area contributed by atoms with Crippen LogP contribution < -0.4 is 14.8 Å². The number of fused-ring (bicyclic) bond motifs is 1. The minimum atomic E-state index is -0.937. The van der Waals surface area contributed by atoms with Crippen molar-refractivity contribution in [3.05, 3.63) is 52.5 Å². The van der Waals surface area contributed by atoms with E-state index in [2.05, 4.69) is 5.32 Å². The number of halogens is 1. The van der Waals surface area contributed by atoms with Gasteiger partial charge >= 0.3 is 5.97 Å². The lowest BCUT2D eigenvalue weighted by molar-refractivity contribution is 0.0697. The fourth-order valence-corrected chi connectivity index (χ4v) is 2.24. The van der Waals surface area contributed by atoms with Crippen molar-refractivity contribution in [3.8, 4) is 11.5 Å². The highest BCUT2D eigenvalue weighted by Gasteiger charge is 2.16. The number of nitrogens with one attached hydrogen (secondary N) is 1. The van der Waals surface area contributed by atoms with E-state index in [9.17, 15) is 4.79 Å². The number of carboxylic acids is 1. The second-order valence-electron chi connectivity index (χ2n) is 4.54. The van der Waals surface area contributed by atoms with Crippen molar-refractivity contribution in [1.82, 2.24) is 0 Å². The Balaban J connectivity index is 1.71. The molecule has 1 aliphatic rings. The highest BCUT2D eigenvalue weighted by molar-refractivity contribution is 6.33. The second-order valence-corrected chi connectivity index (χ2v) is 4.95. The SMILES string of the molecule is O=C(O)c1ccc(CNc2cc3c(cc2Cl)OCO3)cc1. The predicted molar refractivity (Wildman–Crippen MR) is 78.3 cm³/mol. The van der Waals surface area contributed by atoms with Gasteiger partial charge in [-0.3, -0.25) is 0 Å². The third-order valence-corrected chi connectivity index (χ3v) is 3.46. The molecule has 0 saturated carbocycles. The van der Waals surface area contributed by atoms with E-state index >= 15 is 0 Å².